The van der Waals surface area contributed by atoms with Gasteiger partial charge in [-0.3, -0.25) is 9.59 Å². The van der Waals surface area contributed by atoms with Crippen molar-refractivity contribution in [2.75, 3.05) is 0 Å². The molecule has 5 heteroatoms. The van der Waals surface area contributed by atoms with Gasteiger partial charge in [0.05, 0.1) is 6.42 Å². The molecule has 0 aromatic heterocycles. The first kappa shape index (κ1) is 12.9. The lowest BCUT2D eigenvalue weighted by molar-refractivity contribution is -0.142. The number of carboxylic acids is 2. The Hall–Kier alpha value is -1.10. The third-order valence-corrected chi connectivity index (χ3v) is 2.00. The molecule has 0 heterocycles. The van der Waals surface area contributed by atoms with Gasteiger partial charge in [-0.1, -0.05) is 13.8 Å². The smallest absolute Gasteiger partial charge is 0.320 e. The zero-order chi connectivity index (χ0) is 11.3. The Morgan fingerprint density at radius 1 is 1.29 bits per heavy atom. The number of rotatable bonds is 6. The van der Waals surface area contributed by atoms with E-state index in [2.05, 4.69) is 0 Å². The summed E-state index contributed by atoms with van der Waals surface area (Å²) in [6.07, 6.45) is 0.325. The second-order valence-electron chi connectivity index (χ2n) is 3.85. The van der Waals surface area contributed by atoms with Crippen molar-refractivity contribution in [2.45, 2.75) is 32.7 Å². The topological polar surface area (TPSA) is 101 Å². The average molecular weight is 203 g/mol. The molecule has 0 amide bonds. The van der Waals surface area contributed by atoms with E-state index in [-0.39, 0.29) is 12.3 Å². The van der Waals surface area contributed by atoms with Crippen molar-refractivity contribution < 1.29 is 19.8 Å². The van der Waals surface area contributed by atoms with Gasteiger partial charge in [-0.15, -0.1) is 0 Å². The molecule has 0 spiro atoms. The van der Waals surface area contributed by atoms with Crippen LogP contribution in [0.1, 0.15) is 26.7 Å². The SMILES string of the molecule is CC(C)CC(CC(=O)O)[C@H](N)C(=O)O. The summed E-state index contributed by atoms with van der Waals surface area (Å²) in [5.41, 5.74) is 5.39. The molecule has 0 saturated heterocycles. The minimum absolute atomic E-state index is 0.189. The van der Waals surface area contributed by atoms with E-state index in [9.17, 15) is 9.59 Å². The van der Waals surface area contributed by atoms with E-state index in [1.165, 1.54) is 0 Å². The minimum Gasteiger partial charge on any atom is -0.481 e. The van der Waals surface area contributed by atoms with Crippen LogP contribution in [-0.2, 0) is 9.59 Å². The van der Waals surface area contributed by atoms with Crippen LogP contribution in [0, 0.1) is 11.8 Å². The first-order chi connectivity index (χ1) is 6.34. The largest absolute Gasteiger partial charge is 0.481 e. The average Bonchev–Trinajstić information content (AvgIpc) is 1.99. The molecule has 5 nitrogen and oxygen atoms in total. The van der Waals surface area contributed by atoms with Gasteiger partial charge in [0.2, 0.25) is 0 Å². The van der Waals surface area contributed by atoms with Crippen LogP contribution in [0.2, 0.25) is 0 Å². The molecule has 4 N–H and O–H groups in total. The van der Waals surface area contributed by atoms with Gasteiger partial charge in [0.15, 0.2) is 0 Å². The second-order valence-corrected chi connectivity index (χ2v) is 3.85. The summed E-state index contributed by atoms with van der Waals surface area (Å²) in [4.78, 5) is 21.1. The number of aliphatic carboxylic acids is 2. The van der Waals surface area contributed by atoms with Gasteiger partial charge in [-0.2, -0.15) is 0 Å². The Kier molecular flexibility index (Phi) is 5.15. The van der Waals surface area contributed by atoms with Crippen molar-refractivity contribution in [3.63, 3.8) is 0 Å². The summed E-state index contributed by atoms with van der Waals surface area (Å²) in [6.45, 7) is 3.81. The predicted octanol–water partition coefficient (Wildman–Crippen LogP) is 0.535. The number of hydrogen-bond acceptors (Lipinski definition) is 3. The third-order valence-electron chi connectivity index (χ3n) is 2.00. The van der Waals surface area contributed by atoms with Gasteiger partial charge in [-0.05, 0) is 18.3 Å². The van der Waals surface area contributed by atoms with Crippen molar-refractivity contribution in [1.82, 2.24) is 0 Å². The number of hydrogen-bond donors (Lipinski definition) is 3. The van der Waals surface area contributed by atoms with Gasteiger partial charge in [-0.25, -0.2) is 0 Å². The van der Waals surface area contributed by atoms with Crippen molar-refractivity contribution in [1.29, 1.82) is 0 Å². The molecule has 0 saturated carbocycles. The van der Waals surface area contributed by atoms with E-state index in [1.54, 1.807) is 0 Å². The summed E-state index contributed by atoms with van der Waals surface area (Å²) < 4.78 is 0. The first-order valence-corrected chi connectivity index (χ1v) is 4.54. The van der Waals surface area contributed by atoms with E-state index in [0.717, 1.165) is 0 Å². The van der Waals surface area contributed by atoms with Crippen LogP contribution in [0.25, 0.3) is 0 Å². The van der Waals surface area contributed by atoms with Gasteiger partial charge >= 0.3 is 11.9 Å². The standard InChI is InChI=1S/C9H17NO4/c1-5(2)3-6(4-7(11)12)8(10)9(13)14/h5-6,8H,3-4,10H2,1-2H3,(H,11,12)(H,13,14)/t6?,8-/m0/s1. The zero-order valence-electron chi connectivity index (χ0n) is 8.43. The quantitative estimate of drug-likeness (QED) is 0.584. The molecule has 0 rings (SSSR count). The first-order valence-electron chi connectivity index (χ1n) is 4.54. The fourth-order valence-corrected chi connectivity index (χ4v) is 1.39. The van der Waals surface area contributed by atoms with Crippen LogP contribution in [0.3, 0.4) is 0 Å². The van der Waals surface area contributed by atoms with Crippen molar-refractivity contribution in [2.24, 2.45) is 17.6 Å². The fraction of sp³-hybridized carbons (Fsp3) is 0.778. The lowest BCUT2D eigenvalue weighted by atomic mass is 9.88. The molecular formula is C9H17NO4. The normalized spacial score (nSPS) is 15.1. The maximum atomic E-state index is 10.6. The highest BCUT2D eigenvalue weighted by atomic mass is 16.4. The number of carboxylic acid groups (broad SMARTS) is 2. The van der Waals surface area contributed by atoms with E-state index in [0.29, 0.717) is 6.42 Å². The van der Waals surface area contributed by atoms with Crippen LogP contribution < -0.4 is 5.73 Å². The van der Waals surface area contributed by atoms with E-state index < -0.39 is 23.9 Å². The molecule has 0 aliphatic heterocycles. The van der Waals surface area contributed by atoms with E-state index >= 15 is 0 Å². The Balaban J connectivity index is 4.37. The molecule has 1 unspecified atom stereocenters. The van der Waals surface area contributed by atoms with E-state index in [4.69, 9.17) is 15.9 Å². The maximum Gasteiger partial charge on any atom is 0.320 e. The molecular weight excluding hydrogens is 186 g/mol. The van der Waals surface area contributed by atoms with Gasteiger partial charge < -0.3 is 15.9 Å². The molecule has 0 aliphatic rings. The lowest BCUT2D eigenvalue weighted by Crippen LogP contribution is -2.39. The highest BCUT2D eigenvalue weighted by Crippen LogP contribution is 2.18. The highest BCUT2D eigenvalue weighted by Gasteiger charge is 2.26. The monoisotopic (exact) mass is 203 g/mol. The molecule has 2 atom stereocenters. The molecule has 0 aliphatic carbocycles. The molecule has 0 fully saturated rings. The van der Waals surface area contributed by atoms with Crippen LogP contribution in [0.5, 0.6) is 0 Å². The summed E-state index contributed by atoms with van der Waals surface area (Å²) >= 11 is 0. The van der Waals surface area contributed by atoms with Crippen molar-refractivity contribution in [3.05, 3.63) is 0 Å². The van der Waals surface area contributed by atoms with E-state index in [1.807, 2.05) is 13.8 Å². The summed E-state index contributed by atoms with van der Waals surface area (Å²) in [5.74, 6) is -2.40. The molecule has 0 aromatic carbocycles. The van der Waals surface area contributed by atoms with Crippen LogP contribution in [-0.4, -0.2) is 28.2 Å². The molecule has 0 aromatic rings. The Morgan fingerprint density at radius 2 is 1.79 bits per heavy atom. The van der Waals surface area contributed by atoms with Crippen LogP contribution >= 0.6 is 0 Å². The lowest BCUT2D eigenvalue weighted by Gasteiger charge is -2.20. The molecule has 82 valence electrons. The fourth-order valence-electron chi connectivity index (χ4n) is 1.39. The van der Waals surface area contributed by atoms with Crippen LogP contribution in [0.15, 0.2) is 0 Å². The second kappa shape index (κ2) is 5.59. The van der Waals surface area contributed by atoms with Gasteiger partial charge in [0, 0.05) is 0 Å². The Bertz CT molecular complexity index is 215. The van der Waals surface area contributed by atoms with Crippen molar-refractivity contribution >= 4 is 11.9 Å². The summed E-state index contributed by atoms with van der Waals surface area (Å²) in [5, 5.41) is 17.2. The molecule has 14 heavy (non-hydrogen) atoms. The Labute approximate surface area is 82.9 Å². The van der Waals surface area contributed by atoms with Gasteiger partial charge in [0.1, 0.15) is 6.04 Å². The summed E-state index contributed by atoms with van der Waals surface area (Å²) in [6, 6.07) is -1.09. The van der Waals surface area contributed by atoms with Crippen LogP contribution in [0.4, 0.5) is 0 Å². The maximum absolute atomic E-state index is 10.6. The third kappa shape index (κ3) is 4.81. The Morgan fingerprint density at radius 3 is 2.07 bits per heavy atom. The molecule has 0 radical (unpaired) electrons. The highest BCUT2D eigenvalue weighted by molar-refractivity contribution is 5.75. The number of nitrogens with two attached hydrogens (primary N) is 1. The summed E-state index contributed by atoms with van der Waals surface area (Å²) in [7, 11) is 0. The van der Waals surface area contributed by atoms with Gasteiger partial charge in [0.25, 0.3) is 0 Å². The predicted molar refractivity (Wildman–Crippen MR) is 50.8 cm³/mol. The number of carbonyl (C=O) groups is 2. The molecule has 0 bridgehead atoms. The van der Waals surface area contributed by atoms with Crippen molar-refractivity contribution in [3.8, 4) is 0 Å². The minimum atomic E-state index is -1.14. The zero-order valence-corrected chi connectivity index (χ0v) is 8.43.